The molecule has 7 nitrogen and oxygen atoms in total. The normalized spacial score (nSPS) is 11.0. The van der Waals surface area contributed by atoms with Gasteiger partial charge >= 0.3 is 5.97 Å². The molecule has 4 rings (SSSR count). The van der Waals surface area contributed by atoms with Crippen LogP contribution in [0, 0.1) is 0 Å². The predicted octanol–water partition coefficient (Wildman–Crippen LogP) is 5.03. The lowest BCUT2D eigenvalue weighted by molar-refractivity contribution is -0.129. The number of amides is 1. The Hall–Kier alpha value is -4.91. The molecular formula is C29H25N3O4. The second-order valence-electron chi connectivity index (χ2n) is 7.77. The van der Waals surface area contributed by atoms with Gasteiger partial charge in [0.1, 0.15) is 11.5 Å². The highest BCUT2D eigenvalue weighted by Gasteiger charge is 2.04. The van der Waals surface area contributed by atoms with E-state index in [0.717, 1.165) is 27.8 Å². The molecule has 0 fully saturated rings. The Morgan fingerprint density at radius 2 is 1.64 bits per heavy atom. The maximum absolute atomic E-state index is 12.2. The van der Waals surface area contributed by atoms with Gasteiger partial charge in [0.15, 0.2) is 0 Å². The van der Waals surface area contributed by atoms with Crippen molar-refractivity contribution in [2.24, 2.45) is 5.10 Å². The molecule has 0 aliphatic heterocycles. The minimum Gasteiger partial charge on any atom is -0.497 e. The number of methoxy groups -OCH3 is 1. The first kappa shape index (κ1) is 24.2. The molecule has 0 atom stereocenters. The number of rotatable bonds is 9. The number of nitrogens with one attached hydrogen (secondary N) is 2. The fourth-order valence-corrected chi connectivity index (χ4v) is 3.46. The van der Waals surface area contributed by atoms with Gasteiger partial charge in [0.25, 0.3) is 5.91 Å². The van der Waals surface area contributed by atoms with Crippen LogP contribution in [0.4, 0.5) is 5.69 Å². The van der Waals surface area contributed by atoms with Crippen molar-refractivity contribution < 1.29 is 19.1 Å². The van der Waals surface area contributed by atoms with Crippen molar-refractivity contribution in [1.82, 2.24) is 5.43 Å². The first-order valence-corrected chi connectivity index (χ1v) is 11.3. The summed E-state index contributed by atoms with van der Waals surface area (Å²) in [4.78, 5) is 24.4. The summed E-state index contributed by atoms with van der Waals surface area (Å²) in [6.07, 6.45) is 4.50. The Labute approximate surface area is 209 Å². The van der Waals surface area contributed by atoms with Gasteiger partial charge in [-0.25, -0.2) is 10.2 Å². The van der Waals surface area contributed by atoms with Crippen LogP contribution in [0.3, 0.4) is 0 Å². The molecule has 0 unspecified atom stereocenters. The van der Waals surface area contributed by atoms with E-state index in [2.05, 4.69) is 15.8 Å². The number of carbonyl (C=O) groups is 2. The summed E-state index contributed by atoms with van der Waals surface area (Å²) in [5.74, 6) is 0.316. The van der Waals surface area contributed by atoms with E-state index in [0.29, 0.717) is 11.3 Å². The van der Waals surface area contributed by atoms with Gasteiger partial charge in [-0.05, 0) is 52.9 Å². The average Bonchev–Trinajstić information content (AvgIpc) is 2.91. The summed E-state index contributed by atoms with van der Waals surface area (Å²) in [6, 6.07) is 28.0. The summed E-state index contributed by atoms with van der Waals surface area (Å²) in [5.41, 5.74) is 4.89. The minimum atomic E-state index is -0.507. The lowest BCUT2D eigenvalue weighted by Crippen LogP contribution is -2.25. The van der Waals surface area contributed by atoms with E-state index in [-0.39, 0.29) is 12.5 Å². The van der Waals surface area contributed by atoms with Gasteiger partial charge in [-0.15, -0.1) is 0 Å². The molecule has 0 spiro atoms. The molecule has 36 heavy (non-hydrogen) atoms. The minimum absolute atomic E-state index is 0.0729. The highest BCUT2D eigenvalue weighted by molar-refractivity contribution is 5.95. The summed E-state index contributed by atoms with van der Waals surface area (Å²) in [7, 11) is 1.60. The van der Waals surface area contributed by atoms with Crippen molar-refractivity contribution >= 4 is 40.6 Å². The molecule has 0 aliphatic rings. The van der Waals surface area contributed by atoms with Crippen molar-refractivity contribution in [1.29, 1.82) is 0 Å². The van der Waals surface area contributed by atoms with Crippen LogP contribution in [-0.2, 0) is 9.59 Å². The summed E-state index contributed by atoms with van der Waals surface area (Å²) in [5, 5.41) is 9.28. The van der Waals surface area contributed by atoms with Crippen LogP contribution in [0.2, 0.25) is 0 Å². The number of hydrogen-bond donors (Lipinski definition) is 2. The molecule has 0 aromatic heterocycles. The fourth-order valence-electron chi connectivity index (χ4n) is 3.46. The number of carbonyl (C=O) groups excluding carboxylic acids is 2. The van der Waals surface area contributed by atoms with Gasteiger partial charge in [0.05, 0.1) is 19.9 Å². The molecule has 0 aliphatic carbocycles. The van der Waals surface area contributed by atoms with Crippen molar-refractivity contribution in [2.45, 2.75) is 0 Å². The molecule has 180 valence electrons. The third-order valence-electron chi connectivity index (χ3n) is 5.24. The van der Waals surface area contributed by atoms with Gasteiger partial charge in [-0.1, -0.05) is 60.7 Å². The number of fused-ring (bicyclic) bond motifs is 1. The molecule has 4 aromatic rings. The van der Waals surface area contributed by atoms with Gasteiger partial charge in [-0.2, -0.15) is 5.10 Å². The van der Waals surface area contributed by atoms with E-state index in [4.69, 9.17) is 9.47 Å². The van der Waals surface area contributed by atoms with Crippen molar-refractivity contribution in [3.63, 3.8) is 0 Å². The molecule has 0 radical (unpaired) electrons. The Morgan fingerprint density at radius 1 is 0.861 bits per heavy atom. The average molecular weight is 480 g/mol. The quantitative estimate of drug-likeness (QED) is 0.116. The van der Waals surface area contributed by atoms with E-state index >= 15 is 0 Å². The number of hydrogen-bond acceptors (Lipinski definition) is 6. The van der Waals surface area contributed by atoms with Crippen LogP contribution >= 0.6 is 0 Å². The van der Waals surface area contributed by atoms with E-state index in [9.17, 15) is 9.59 Å². The van der Waals surface area contributed by atoms with Gasteiger partial charge in [-0.3, -0.25) is 4.79 Å². The molecule has 0 bridgehead atoms. The van der Waals surface area contributed by atoms with Crippen LogP contribution in [0.5, 0.6) is 11.5 Å². The first-order valence-electron chi connectivity index (χ1n) is 11.3. The largest absolute Gasteiger partial charge is 0.497 e. The topological polar surface area (TPSA) is 89.0 Å². The Balaban J connectivity index is 1.27. The first-order chi connectivity index (χ1) is 17.6. The van der Waals surface area contributed by atoms with Gasteiger partial charge < -0.3 is 14.8 Å². The van der Waals surface area contributed by atoms with Crippen molar-refractivity contribution in [2.75, 3.05) is 19.0 Å². The highest BCUT2D eigenvalue weighted by Crippen LogP contribution is 2.22. The van der Waals surface area contributed by atoms with E-state index in [1.54, 1.807) is 37.5 Å². The van der Waals surface area contributed by atoms with Crippen molar-refractivity contribution in [3.05, 3.63) is 108 Å². The lowest BCUT2D eigenvalue weighted by atomic mass is 10.1. The summed E-state index contributed by atoms with van der Waals surface area (Å²) < 4.78 is 10.5. The SMILES string of the molecule is COc1ccc(/C=C/C(=O)Oc2cccc(/C=N/NC(=O)CNc3cccc4ccccc34)c2)cc1. The lowest BCUT2D eigenvalue weighted by Gasteiger charge is -2.08. The Kier molecular flexibility index (Phi) is 8.07. The van der Waals surface area contributed by atoms with Gasteiger partial charge in [0.2, 0.25) is 0 Å². The molecule has 0 heterocycles. The fraction of sp³-hybridized carbons (Fsp3) is 0.0690. The number of hydrazone groups is 1. The van der Waals surface area contributed by atoms with Crippen LogP contribution in [-0.4, -0.2) is 31.7 Å². The number of ether oxygens (including phenoxy) is 2. The molecule has 4 aromatic carbocycles. The molecule has 2 N–H and O–H groups in total. The number of esters is 1. The van der Waals surface area contributed by atoms with Crippen LogP contribution in [0.15, 0.2) is 102 Å². The standard InChI is InChI=1S/C29H25N3O4/c1-35-24-15-12-21(13-16-24)14-17-29(34)36-25-9-4-6-22(18-25)19-31-32-28(33)20-30-27-11-5-8-23-7-2-3-10-26(23)27/h2-19,30H,20H2,1H3,(H,32,33)/b17-14+,31-19+. The van der Waals surface area contributed by atoms with Crippen LogP contribution in [0.1, 0.15) is 11.1 Å². The molecule has 1 amide bonds. The predicted molar refractivity (Wildman–Crippen MR) is 142 cm³/mol. The van der Waals surface area contributed by atoms with E-state index in [1.807, 2.05) is 66.7 Å². The third-order valence-corrected chi connectivity index (χ3v) is 5.24. The van der Waals surface area contributed by atoms with E-state index in [1.165, 1.54) is 12.3 Å². The zero-order valence-corrected chi connectivity index (χ0v) is 19.7. The van der Waals surface area contributed by atoms with Crippen molar-refractivity contribution in [3.8, 4) is 11.5 Å². The second kappa shape index (κ2) is 12.0. The number of nitrogens with zero attached hydrogens (tertiary/aromatic N) is 1. The maximum atomic E-state index is 12.2. The summed E-state index contributed by atoms with van der Waals surface area (Å²) >= 11 is 0. The maximum Gasteiger partial charge on any atom is 0.336 e. The Morgan fingerprint density at radius 3 is 2.47 bits per heavy atom. The number of anilines is 1. The monoisotopic (exact) mass is 479 g/mol. The number of benzene rings is 4. The zero-order valence-electron chi connectivity index (χ0n) is 19.7. The smallest absolute Gasteiger partial charge is 0.336 e. The molecule has 7 heteroatoms. The molecular weight excluding hydrogens is 454 g/mol. The second-order valence-corrected chi connectivity index (χ2v) is 7.77. The van der Waals surface area contributed by atoms with E-state index < -0.39 is 5.97 Å². The van der Waals surface area contributed by atoms with Gasteiger partial charge in [0, 0.05) is 17.1 Å². The van der Waals surface area contributed by atoms with Crippen LogP contribution < -0.4 is 20.2 Å². The molecule has 0 saturated carbocycles. The highest BCUT2D eigenvalue weighted by atomic mass is 16.5. The third kappa shape index (κ3) is 6.80. The zero-order chi connectivity index (χ0) is 25.2. The Bertz CT molecular complexity index is 1410. The molecule has 0 saturated heterocycles. The summed E-state index contributed by atoms with van der Waals surface area (Å²) in [6.45, 7) is 0.0729. The van der Waals surface area contributed by atoms with Crippen LogP contribution in [0.25, 0.3) is 16.8 Å².